The summed E-state index contributed by atoms with van der Waals surface area (Å²) in [5.74, 6) is 0.940. The average Bonchev–Trinajstić information content (AvgIpc) is 2.46. The van der Waals surface area contributed by atoms with E-state index in [2.05, 4.69) is 29.1 Å². The second kappa shape index (κ2) is 6.63. The zero-order chi connectivity index (χ0) is 13.7. The summed E-state index contributed by atoms with van der Waals surface area (Å²) in [4.78, 5) is 12.2. The highest BCUT2D eigenvalue weighted by molar-refractivity contribution is 7.98. The summed E-state index contributed by atoms with van der Waals surface area (Å²) in [6.07, 6.45) is 7.57. The Balaban J connectivity index is 2.12. The second-order valence-electron chi connectivity index (χ2n) is 4.28. The van der Waals surface area contributed by atoms with Gasteiger partial charge in [-0.3, -0.25) is 10.2 Å². The molecule has 0 bridgehead atoms. The molecule has 5 heteroatoms. The summed E-state index contributed by atoms with van der Waals surface area (Å²) in [7, 11) is 1.68. The van der Waals surface area contributed by atoms with E-state index in [-0.39, 0.29) is 11.9 Å². The van der Waals surface area contributed by atoms with E-state index >= 15 is 0 Å². The summed E-state index contributed by atoms with van der Waals surface area (Å²) in [5, 5.41) is 0. The number of hydrogen-bond donors (Lipinski definition) is 2. The molecule has 1 saturated heterocycles. The molecular weight excluding hydrogens is 260 g/mol. The Kier molecular flexibility index (Phi) is 4.87. The van der Waals surface area contributed by atoms with Crippen molar-refractivity contribution in [2.75, 3.05) is 13.4 Å². The molecule has 0 spiro atoms. The fourth-order valence-electron chi connectivity index (χ4n) is 2.00. The van der Waals surface area contributed by atoms with Crippen molar-refractivity contribution in [2.45, 2.75) is 23.8 Å². The number of thioether (sulfide) groups is 1. The molecule has 19 heavy (non-hydrogen) atoms. The van der Waals surface area contributed by atoms with Crippen LogP contribution >= 0.6 is 11.8 Å². The normalized spacial score (nSPS) is 19.5. The summed E-state index contributed by atoms with van der Waals surface area (Å²) in [6.45, 7) is 0. The quantitative estimate of drug-likeness (QED) is 0.829. The molecule has 1 aromatic rings. The zero-order valence-electron chi connectivity index (χ0n) is 11.1. The Morgan fingerprint density at radius 2 is 2.32 bits per heavy atom. The van der Waals surface area contributed by atoms with Crippen molar-refractivity contribution in [1.29, 1.82) is 0 Å². The van der Waals surface area contributed by atoms with E-state index in [0.717, 1.165) is 22.6 Å². The molecule has 1 aliphatic heterocycles. The molecule has 1 amide bonds. The number of hydrogen-bond acceptors (Lipinski definition) is 4. The molecule has 1 aliphatic rings. The van der Waals surface area contributed by atoms with Gasteiger partial charge in [0.2, 0.25) is 5.91 Å². The van der Waals surface area contributed by atoms with Gasteiger partial charge in [0.25, 0.3) is 0 Å². The summed E-state index contributed by atoms with van der Waals surface area (Å²) in [6, 6.07) is 6.18. The van der Waals surface area contributed by atoms with Crippen molar-refractivity contribution in [3.8, 4) is 5.75 Å². The van der Waals surface area contributed by atoms with Crippen LogP contribution in [0.1, 0.15) is 18.4 Å². The molecule has 1 aromatic carbocycles. The third kappa shape index (κ3) is 3.52. The Hall–Kier alpha value is -1.46. The topological polar surface area (TPSA) is 50.4 Å². The number of amides is 1. The van der Waals surface area contributed by atoms with Gasteiger partial charge in [0.1, 0.15) is 5.75 Å². The summed E-state index contributed by atoms with van der Waals surface area (Å²) >= 11 is 1.67. The third-order valence-corrected chi connectivity index (χ3v) is 3.87. The monoisotopic (exact) mass is 278 g/mol. The Morgan fingerprint density at radius 1 is 1.47 bits per heavy atom. The minimum atomic E-state index is 0.0517. The molecule has 2 rings (SSSR count). The third-order valence-electron chi connectivity index (χ3n) is 3.02. The van der Waals surface area contributed by atoms with Crippen LogP contribution in [0.4, 0.5) is 0 Å². The van der Waals surface area contributed by atoms with Crippen molar-refractivity contribution in [1.82, 2.24) is 10.9 Å². The largest absolute Gasteiger partial charge is 0.496 e. The number of hydrazine groups is 1. The minimum absolute atomic E-state index is 0.0517. The SMILES string of the molecule is COc1cccc(/C=C/C2CCC(=O)NN2)c1SC. The first-order valence-corrected chi connectivity index (χ1v) is 7.40. The fraction of sp³-hybridized carbons (Fsp3) is 0.357. The molecule has 0 radical (unpaired) electrons. The lowest BCUT2D eigenvalue weighted by molar-refractivity contribution is -0.123. The van der Waals surface area contributed by atoms with Gasteiger partial charge in [0, 0.05) is 12.5 Å². The molecule has 1 atom stereocenters. The van der Waals surface area contributed by atoms with Gasteiger partial charge in [-0.05, 0) is 24.3 Å². The number of rotatable bonds is 4. The number of carbonyl (C=O) groups excluding carboxylic acids is 1. The van der Waals surface area contributed by atoms with Crippen molar-refractivity contribution < 1.29 is 9.53 Å². The van der Waals surface area contributed by atoms with Gasteiger partial charge in [0.05, 0.1) is 12.0 Å². The first kappa shape index (κ1) is 14.0. The van der Waals surface area contributed by atoms with Crippen LogP contribution in [-0.4, -0.2) is 25.3 Å². The maximum atomic E-state index is 11.0. The van der Waals surface area contributed by atoms with E-state index in [9.17, 15) is 4.79 Å². The van der Waals surface area contributed by atoms with E-state index in [0.29, 0.717) is 6.42 Å². The maximum absolute atomic E-state index is 11.0. The number of ether oxygens (including phenoxy) is 1. The molecule has 1 unspecified atom stereocenters. The smallest absolute Gasteiger partial charge is 0.234 e. The van der Waals surface area contributed by atoms with Gasteiger partial charge in [0.15, 0.2) is 0 Å². The highest BCUT2D eigenvalue weighted by atomic mass is 32.2. The van der Waals surface area contributed by atoms with Crippen molar-refractivity contribution in [3.63, 3.8) is 0 Å². The number of carbonyl (C=O) groups is 1. The maximum Gasteiger partial charge on any atom is 0.234 e. The van der Waals surface area contributed by atoms with E-state index in [4.69, 9.17) is 4.74 Å². The second-order valence-corrected chi connectivity index (χ2v) is 5.10. The fourth-order valence-corrected chi connectivity index (χ4v) is 2.73. The van der Waals surface area contributed by atoms with Crippen LogP contribution in [0.2, 0.25) is 0 Å². The van der Waals surface area contributed by atoms with Crippen molar-refractivity contribution in [3.05, 3.63) is 29.8 Å². The van der Waals surface area contributed by atoms with Crippen molar-refractivity contribution in [2.24, 2.45) is 0 Å². The molecule has 1 fully saturated rings. The Labute approximate surface area is 117 Å². The minimum Gasteiger partial charge on any atom is -0.496 e. The Bertz CT molecular complexity index is 478. The molecule has 0 aromatic heterocycles. The van der Waals surface area contributed by atoms with E-state index in [1.54, 1.807) is 18.9 Å². The first-order valence-electron chi connectivity index (χ1n) is 6.18. The predicted octanol–water partition coefficient (Wildman–Crippen LogP) is 2.21. The average molecular weight is 278 g/mol. The van der Waals surface area contributed by atoms with Gasteiger partial charge in [-0.25, -0.2) is 5.43 Å². The van der Waals surface area contributed by atoms with E-state index in [1.165, 1.54) is 0 Å². The summed E-state index contributed by atoms with van der Waals surface area (Å²) in [5.41, 5.74) is 6.76. The van der Waals surface area contributed by atoms with Crippen LogP contribution in [-0.2, 0) is 4.79 Å². The van der Waals surface area contributed by atoms with Gasteiger partial charge in [-0.2, -0.15) is 0 Å². The molecular formula is C14H18N2O2S. The molecule has 0 aliphatic carbocycles. The highest BCUT2D eigenvalue weighted by Gasteiger charge is 2.14. The van der Waals surface area contributed by atoms with E-state index < -0.39 is 0 Å². The van der Waals surface area contributed by atoms with Crippen LogP contribution in [0.15, 0.2) is 29.2 Å². The lowest BCUT2D eigenvalue weighted by atomic mass is 10.1. The predicted molar refractivity (Wildman–Crippen MR) is 78.1 cm³/mol. The lowest BCUT2D eigenvalue weighted by Gasteiger charge is -2.21. The lowest BCUT2D eigenvalue weighted by Crippen LogP contribution is -2.48. The van der Waals surface area contributed by atoms with Gasteiger partial charge >= 0.3 is 0 Å². The Morgan fingerprint density at radius 3 is 2.95 bits per heavy atom. The number of benzene rings is 1. The van der Waals surface area contributed by atoms with Crippen LogP contribution in [0.3, 0.4) is 0 Å². The van der Waals surface area contributed by atoms with Crippen LogP contribution in [0.25, 0.3) is 6.08 Å². The highest BCUT2D eigenvalue weighted by Crippen LogP contribution is 2.31. The first-order chi connectivity index (χ1) is 9.24. The van der Waals surface area contributed by atoms with Gasteiger partial charge in [-0.1, -0.05) is 24.3 Å². The number of nitrogens with one attached hydrogen (secondary N) is 2. The number of methoxy groups -OCH3 is 1. The van der Waals surface area contributed by atoms with Gasteiger partial charge < -0.3 is 4.74 Å². The zero-order valence-corrected chi connectivity index (χ0v) is 11.9. The van der Waals surface area contributed by atoms with Crippen LogP contribution in [0, 0.1) is 0 Å². The van der Waals surface area contributed by atoms with Gasteiger partial charge in [-0.15, -0.1) is 11.8 Å². The molecule has 0 saturated carbocycles. The van der Waals surface area contributed by atoms with Crippen LogP contribution < -0.4 is 15.6 Å². The molecule has 1 heterocycles. The van der Waals surface area contributed by atoms with E-state index in [1.807, 2.05) is 18.4 Å². The summed E-state index contributed by atoms with van der Waals surface area (Å²) < 4.78 is 5.36. The molecule has 102 valence electrons. The van der Waals surface area contributed by atoms with Crippen molar-refractivity contribution >= 4 is 23.7 Å². The standard InChI is InChI=1S/C14H18N2O2S/c1-18-12-5-3-4-10(14(12)19-2)6-7-11-8-9-13(17)16-15-11/h3-7,11,15H,8-9H2,1-2H3,(H,16,17)/b7-6+. The molecule has 4 nitrogen and oxygen atoms in total. The van der Waals surface area contributed by atoms with Crippen LogP contribution in [0.5, 0.6) is 5.75 Å². The molecule has 2 N–H and O–H groups in total.